The highest BCUT2D eigenvalue weighted by Gasteiger charge is 2.51. The second-order valence-electron chi connectivity index (χ2n) is 9.99. The molecule has 0 N–H and O–H groups in total. The number of nitrogens with zero attached hydrogens (tertiary/aromatic N) is 2. The van der Waals surface area contributed by atoms with Gasteiger partial charge in [0.05, 0.1) is 5.92 Å². The summed E-state index contributed by atoms with van der Waals surface area (Å²) in [4.78, 5) is 17.8. The predicted molar refractivity (Wildman–Crippen MR) is 119 cm³/mol. The van der Waals surface area contributed by atoms with Crippen molar-refractivity contribution in [3.05, 3.63) is 59.2 Å². The van der Waals surface area contributed by atoms with Crippen molar-refractivity contribution >= 4 is 5.97 Å². The van der Waals surface area contributed by atoms with Crippen LogP contribution in [0.2, 0.25) is 0 Å². The van der Waals surface area contributed by atoms with Crippen LogP contribution in [0.3, 0.4) is 0 Å². The number of hydrogen-bond acceptors (Lipinski definition) is 4. The highest BCUT2D eigenvalue weighted by molar-refractivity contribution is 5.76. The molecule has 1 aromatic rings. The van der Waals surface area contributed by atoms with Crippen LogP contribution in [0.15, 0.2) is 53.6 Å². The van der Waals surface area contributed by atoms with Gasteiger partial charge in [-0.05, 0) is 42.7 Å². The molecule has 0 saturated carbocycles. The fourth-order valence-corrected chi connectivity index (χ4v) is 6.09. The Hall–Kier alpha value is -1.91. The molecule has 4 nitrogen and oxygen atoms in total. The predicted octanol–water partition coefficient (Wildman–Crippen LogP) is 4.04. The number of carbonyl (C=O) groups is 1. The molecule has 2 heterocycles. The van der Waals surface area contributed by atoms with Crippen molar-refractivity contribution in [3.63, 3.8) is 0 Å². The average molecular weight is 407 g/mol. The van der Waals surface area contributed by atoms with Gasteiger partial charge in [-0.15, -0.1) is 0 Å². The Morgan fingerprint density at radius 2 is 1.83 bits per heavy atom. The zero-order chi connectivity index (χ0) is 20.7. The van der Waals surface area contributed by atoms with E-state index in [0.29, 0.717) is 0 Å². The molecule has 4 heteroatoms. The molecule has 4 aliphatic rings. The number of allylic oxidation sites excluding steroid dienone is 3. The maximum atomic E-state index is 12.8. The van der Waals surface area contributed by atoms with E-state index in [4.69, 9.17) is 4.74 Å². The van der Waals surface area contributed by atoms with Gasteiger partial charge < -0.3 is 4.74 Å². The largest absolute Gasteiger partial charge is 0.461 e. The third-order valence-corrected chi connectivity index (χ3v) is 7.87. The molecule has 160 valence electrons. The zero-order valence-electron chi connectivity index (χ0n) is 18.3. The zero-order valence-corrected chi connectivity index (χ0v) is 18.3. The molecule has 2 fully saturated rings. The van der Waals surface area contributed by atoms with Crippen LogP contribution in [0.1, 0.15) is 38.7 Å². The molecule has 4 atom stereocenters. The first kappa shape index (κ1) is 20.0. The van der Waals surface area contributed by atoms with E-state index in [1.807, 2.05) is 0 Å². The first-order chi connectivity index (χ1) is 14.5. The Morgan fingerprint density at radius 3 is 2.60 bits per heavy atom. The van der Waals surface area contributed by atoms with Crippen molar-refractivity contribution in [2.24, 2.45) is 17.3 Å². The van der Waals surface area contributed by atoms with Crippen molar-refractivity contribution in [2.45, 2.75) is 45.8 Å². The second kappa shape index (κ2) is 7.97. The first-order valence-corrected chi connectivity index (χ1v) is 11.6. The van der Waals surface area contributed by atoms with Crippen LogP contribution in [0.5, 0.6) is 0 Å². The van der Waals surface area contributed by atoms with Crippen LogP contribution in [0.4, 0.5) is 0 Å². The highest BCUT2D eigenvalue weighted by Crippen LogP contribution is 2.52. The van der Waals surface area contributed by atoms with Crippen molar-refractivity contribution < 1.29 is 9.53 Å². The third kappa shape index (κ3) is 3.76. The Morgan fingerprint density at radius 1 is 1.10 bits per heavy atom. The van der Waals surface area contributed by atoms with Gasteiger partial charge >= 0.3 is 5.97 Å². The molecule has 2 aliphatic heterocycles. The van der Waals surface area contributed by atoms with Crippen LogP contribution in [0, 0.1) is 17.3 Å². The standard InChI is InChI=1S/C26H34N2O2/c1-19-7-6-10-26(2)16-24-21(15-23(19)26)22(25(29)30-24)18-28-13-11-27(12-14-28)17-20-8-4-3-5-9-20/h3-5,7-9,15,21-22,24H,6,10-14,16-18H2,1-2H3. The van der Waals surface area contributed by atoms with Gasteiger partial charge in [0, 0.05) is 45.2 Å². The summed E-state index contributed by atoms with van der Waals surface area (Å²) in [6, 6.07) is 10.7. The molecule has 4 unspecified atom stereocenters. The smallest absolute Gasteiger partial charge is 0.311 e. The van der Waals surface area contributed by atoms with Gasteiger partial charge in [0.25, 0.3) is 0 Å². The van der Waals surface area contributed by atoms with Crippen LogP contribution in [0.25, 0.3) is 0 Å². The summed E-state index contributed by atoms with van der Waals surface area (Å²) in [6.07, 6.45) is 8.16. The van der Waals surface area contributed by atoms with Crippen molar-refractivity contribution in [3.8, 4) is 0 Å². The van der Waals surface area contributed by atoms with E-state index >= 15 is 0 Å². The van der Waals surface area contributed by atoms with E-state index in [2.05, 4.69) is 66.1 Å². The van der Waals surface area contributed by atoms with E-state index in [-0.39, 0.29) is 29.3 Å². The SMILES string of the molecule is CC1=CCCC2(C)CC3OC(=O)C(CN4CCN(Cc5ccccc5)CC4)C3C=C12. The van der Waals surface area contributed by atoms with Crippen molar-refractivity contribution in [1.82, 2.24) is 9.80 Å². The minimum Gasteiger partial charge on any atom is -0.461 e. The summed E-state index contributed by atoms with van der Waals surface area (Å²) in [6.45, 7) is 10.6. The van der Waals surface area contributed by atoms with Gasteiger partial charge in [-0.2, -0.15) is 0 Å². The third-order valence-electron chi connectivity index (χ3n) is 7.87. The summed E-state index contributed by atoms with van der Waals surface area (Å²) in [5.41, 5.74) is 4.44. The molecule has 30 heavy (non-hydrogen) atoms. The van der Waals surface area contributed by atoms with Crippen LogP contribution in [-0.2, 0) is 16.1 Å². The van der Waals surface area contributed by atoms with Crippen LogP contribution >= 0.6 is 0 Å². The molecule has 0 bridgehead atoms. The normalized spacial score (nSPS) is 34.6. The number of rotatable bonds is 4. The maximum Gasteiger partial charge on any atom is 0.311 e. The van der Waals surface area contributed by atoms with E-state index in [9.17, 15) is 4.79 Å². The molecule has 0 amide bonds. The molecule has 0 spiro atoms. The number of piperazine rings is 1. The average Bonchev–Trinajstić information content (AvgIpc) is 3.02. The van der Waals surface area contributed by atoms with E-state index in [0.717, 1.165) is 52.1 Å². The minimum absolute atomic E-state index is 0.0116. The highest BCUT2D eigenvalue weighted by atomic mass is 16.6. The monoisotopic (exact) mass is 406 g/mol. The number of ether oxygens (including phenoxy) is 1. The summed E-state index contributed by atoms with van der Waals surface area (Å²) in [5.74, 6) is 0.254. The molecular weight excluding hydrogens is 372 g/mol. The number of esters is 1. The van der Waals surface area contributed by atoms with Crippen molar-refractivity contribution in [1.29, 1.82) is 0 Å². The van der Waals surface area contributed by atoms with E-state index < -0.39 is 0 Å². The fraction of sp³-hybridized carbons (Fsp3) is 0.577. The molecule has 2 aliphatic carbocycles. The lowest BCUT2D eigenvalue weighted by Gasteiger charge is -2.43. The topological polar surface area (TPSA) is 32.8 Å². The lowest BCUT2D eigenvalue weighted by molar-refractivity contribution is -0.145. The number of fused-ring (bicyclic) bond motifs is 2. The van der Waals surface area contributed by atoms with Crippen LogP contribution < -0.4 is 0 Å². The molecule has 2 saturated heterocycles. The van der Waals surface area contributed by atoms with Crippen molar-refractivity contribution in [2.75, 3.05) is 32.7 Å². The summed E-state index contributed by atoms with van der Waals surface area (Å²) in [5, 5.41) is 0. The molecule has 0 aromatic heterocycles. The van der Waals surface area contributed by atoms with Gasteiger partial charge in [-0.25, -0.2) is 0 Å². The second-order valence-corrected chi connectivity index (χ2v) is 9.99. The Bertz CT molecular complexity index is 853. The van der Waals surface area contributed by atoms with Gasteiger partial charge in [-0.3, -0.25) is 14.6 Å². The molecule has 1 aromatic carbocycles. The fourth-order valence-electron chi connectivity index (χ4n) is 6.09. The molecular formula is C26H34N2O2. The number of carbonyl (C=O) groups excluding carboxylic acids is 1. The molecule has 5 rings (SSSR count). The van der Waals surface area contributed by atoms with Gasteiger partial charge in [0.2, 0.25) is 0 Å². The first-order valence-electron chi connectivity index (χ1n) is 11.6. The Balaban J connectivity index is 1.23. The Kier molecular flexibility index (Phi) is 5.32. The summed E-state index contributed by atoms with van der Waals surface area (Å²) >= 11 is 0. The maximum absolute atomic E-state index is 12.8. The number of benzene rings is 1. The van der Waals surface area contributed by atoms with Gasteiger partial charge in [-0.1, -0.05) is 55.0 Å². The summed E-state index contributed by atoms with van der Waals surface area (Å²) < 4.78 is 5.93. The van der Waals surface area contributed by atoms with E-state index in [1.165, 1.54) is 23.1 Å². The Labute approximate surface area is 180 Å². The van der Waals surface area contributed by atoms with Gasteiger partial charge in [0.15, 0.2) is 0 Å². The van der Waals surface area contributed by atoms with E-state index in [1.54, 1.807) is 0 Å². The minimum atomic E-state index is -0.0116. The van der Waals surface area contributed by atoms with Crippen LogP contribution in [-0.4, -0.2) is 54.6 Å². The lowest BCUT2D eigenvalue weighted by Crippen LogP contribution is -2.48. The molecule has 0 radical (unpaired) electrons. The summed E-state index contributed by atoms with van der Waals surface area (Å²) in [7, 11) is 0. The quantitative estimate of drug-likeness (QED) is 0.707. The number of hydrogen-bond donors (Lipinski definition) is 0. The lowest BCUT2D eigenvalue weighted by atomic mass is 9.62. The van der Waals surface area contributed by atoms with Gasteiger partial charge in [0.1, 0.15) is 6.10 Å².